The number of rotatable bonds is 4. The molecular formula is C4H9N3O7P2. The highest BCUT2D eigenvalue weighted by Crippen LogP contribution is 2.57. The summed E-state index contributed by atoms with van der Waals surface area (Å²) in [6.07, 6.45) is 1.14. The molecule has 0 radical (unpaired) electrons. The van der Waals surface area contributed by atoms with E-state index < -0.39 is 15.6 Å². The van der Waals surface area contributed by atoms with Crippen molar-refractivity contribution in [3.05, 3.63) is 6.20 Å². The van der Waals surface area contributed by atoms with Crippen molar-refractivity contribution in [3.8, 4) is 5.88 Å². The molecule has 10 nitrogen and oxygen atoms in total. The van der Waals surface area contributed by atoms with Gasteiger partial charge in [-0.3, -0.25) is 4.89 Å². The Morgan fingerprint density at radius 2 is 2.00 bits per heavy atom. The summed E-state index contributed by atoms with van der Waals surface area (Å²) >= 11 is 0. The van der Waals surface area contributed by atoms with Crippen molar-refractivity contribution in [2.24, 2.45) is 7.05 Å². The SMILES string of the molecule is Cn1cc(OP(=O)(O)OP(=O)(O)O)nc1N. The molecule has 5 N–H and O–H groups in total. The normalized spacial score (nSPS) is 15.8. The highest BCUT2D eigenvalue weighted by molar-refractivity contribution is 7.60. The summed E-state index contributed by atoms with van der Waals surface area (Å²) in [5.41, 5.74) is 5.29. The van der Waals surface area contributed by atoms with Gasteiger partial charge in [-0.1, -0.05) is 0 Å². The Labute approximate surface area is 89.5 Å². The predicted molar refractivity (Wildman–Crippen MR) is 51.2 cm³/mol. The fourth-order valence-electron chi connectivity index (χ4n) is 0.766. The molecule has 0 amide bonds. The molecule has 0 spiro atoms. The van der Waals surface area contributed by atoms with Gasteiger partial charge in [-0.15, -0.1) is 0 Å². The fourth-order valence-corrected chi connectivity index (χ4v) is 2.30. The van der Waals surface area contributed by atoms with Gasteiger partial charge in [0.2, 0.25) is 11.8 Å². The number of hydrogen-bond acceptors (Lipinski definition) is 6. The Morgan fingerprint density at radius 1 is 1.44 bits per heavy atom. The number of anilines is 1. The number of aryl methyl sites for hydroxylation is 1. The monoisotopic (exact) mass is 273 g/mol. The largest absolute Gasteiger partial charge is 0.537 e. The molecular weight excluding hydrogens is 264 g/mol. The second-order valence-corrected chi connectivity index (χ2v) is 5.43. The number of nitrogens with two attached hydrogens (primary N) is 1. The molecule has 0 bridgehead atoms. The van der Waals surface area contributed by atoms with E-state index in [1.54, 1.807) is 0 Å². The first-order valence-corrected chi connectivity index (χ1v) is 6.70. The Morgan fingerprint density at radius 3 is 2.38 bits per heavy atom. The molecule has 16 heavy (non-hydrogen) atoms. The van der Waals surface area contributed by atoms with Crippen molar-refractivity contribution < 1.29 is 32.6 Å². The lowest BCUT2D eigenvalue weighted by Gasteiger charge is -2.10. The molecule has 1 atom stereocenters. The zero-order valence-electron chi connectivity index (χ0n) is 7.92. The lowest BCUT2D eigenvalue weighted by molar-refractivity contribution is 0.228. The summed E-state index contributed by atoms with van der Waals surface area (Å²) in [4.78, 5) is 29.0. The van der Waals surface area contributed by atoms with Crippen molar-refractivity contribution >= 4 is 21.6 Å². The number of imidazole rings is 1. The average Bonchev–Trinajstić information content (AvgIpc) is 2.23. The number of phosphoric acid groups is 2. The van der Waals surface area contributed by atoms with Gasteiger partial charge in [0.1, 0.15) is 0 Å². The minimum atomic E-state index is -5.13. The summed E-state index contributed by atoms with van der Waals surface area (Å²) in [7, 11) is -8.58. The van der Waals surface area contributed by atoms with E-state index in [1.807, 2.05) is 0 Å². The molecule has 1 unspecified atom stereocenters. The molecule has 0 aliphatic rings. The first kappa shape index (κ1) is 13.2. The smallest absolute Gasteiger partial charge is 0.384 e. The summed E-state index contributed by atoms with van der Waals surface area (Å²) in [6.45, 7) is 0. The van der Waals surface area contributed by atoms with Crippen molar-refractivity contribution in [3.63, 3.8) is 0 Å². The predicted octanol–water partition coefficient (Wildman–Crippen LogP) is -0.409. The minimum absolute atomic E-state index is 0.00817. The van der Waals surface area contributed by atoms with E-state index in [-0.39, 0.29) is 11.8 Å². The number of hydrogen-bond donors (Lipinski definition) is 4. The van der Waals surface area contributed by atoms with E-state index in [0.717, 1.165) is 6.20 Å². The molecule has 0 aromatic carbocycles. The van der Waals surface area contributed by atoms with Crippen molar-refractivity contribution in [2.45, 2.75) is 0 Å². The number of aromatic nitrogens is 2. The van der Waals surface area contributed by atoms with E-state index in [9.17, 15) is 9.13 Å². The third kappa shape index (κ3) is 3.93. The van der Waals surface area contributed by atoms with Gasteiger partial charge in [-0.05, 0) is 0 Å². The quantitative estimate of drug-likeness (QED) is 0.535. The van der Waals surface area contributed by atoms with Crippen LogP contribution in [0.1, 0.15) is 0 Å². The number of nitrogens with zero attached hydrogens (tertiary/aromatic N) is 2. The molecule has 1 rings (SSSR count). The van der Waals surface area contributed by atoms with Crippen LogP contribution in [0.25, 0.3) is 0 Å². The van der Waals surface area contributed by atoms with E-state index in [4.69, 9.17) is 20.4 Å². The fraction of sp³-hybridized carbons (Fsp3) is 0.250. The Bertz CT molecular complexity index is 458. The van der Waals surface area contributed by atoms with Gasteiger partial charge in [0.05, 0.1) is 6.20 Å². The summed E-state index contributed by atoms with van der Waals surface area (Å²) in [5, 5.41) is 0. The highest BCUT2D eigenvalue weighted by atomic mass is 31.3. The maximum Gasteiger partial charge on any atom is 0.537 e. The summed E-state index contributed by atoms with van der Waals surface area (Å²) < 4.78 is 30.4. The molecule has 12 heteroatoms. The molecule has 0 saturated carbocycles. The molecule has 1 aromatic heterocycles. The first-order chi connectivity index (χ1) is 7.09. The topological polar surface area (TPSA) is 157 Å². The molecule has 1 aromatic rings. The first-order valence-electron chi connectivity index (χ1n) is 3.67. The lowest BCUT2D eigenvalue weighted by Crippen LogP contribution is -1.96. The second kappa shape index (κ2) is 4.17. The van der Waals surface area contributed by atoms with Crippen LogP contribution in [0.3, 0.4) is 0 Å². The van der Waals surface area contributed by atoms with E-state index >= 15 is 0 Å². The van der Waals surface area contributed by atoms with Crippen molar-refractivity contribution in [2.75, 3.05) is 5.73 Å². The van der Waals surface area contributed by atoms with E-state index in [1.165, 1.54) is 11.6 Å². The van der Waals surface area contributed by atoms with Gasteiger partial charge in [0.25, 0.3) is 0 Å². The third-order valence-electron chi connectivity index (χ3n) is 1.31. The Kier molecular flexibility index (Phi) is 3.44. The van der Waals surface area contributed by atoms with Gasteiger partial charge < -0.3 is 24.6 Å². The van der Waals surface area contributed by atoms with Crippen LogP contribution in [-0.2, 0) is 20.5 Å². The minimum Gasteiger partial charge on any atom is -0.384 e. The molecule has 92 valence electrons. The van der Waals surface area contributed by atoms with Gasteiger partial charge in [0.15, 0.2) is 0 Å². The van der Waals surface area contributed by atoms with E-state index in [0.29, 0.717) is 0 Å². The second-order valence-electron chi connectivity index (χ2n) is 2.68. The maximum absolute atomic E-state index is 11.0. The average molecular weight is 273 g/mol. The Hall–Kier alpha value is -0.890. The summed E-state index contributed by atoms with van der Waals surface area (Å²) in [6, 6.07) is 0. The highest BCUT2D eigenvalue weighted by Gasteiger charge is 2.34. The number of nitrogen functional groups attached to an aromatic ring is 1. The molecule has 0 saturated heterocycles. The van der Waals surface area contributed by atoms with Crippen LogP contribution >= 0.6 is 15.6 Å². The van der Waals surface area contributed by atoms with Crippen LogP contribution in [0.5, 0.6) is 5.88 Å². The third-order valence-corrected chi connectivity index (χ3v) is 3.40. The van der Waals surface area contributed by atoms with Gasteiger partial charge in [-0.25, -0.2) is 9.13 Å². The van der Waals surface area contributed by atoms with Gasteiger partial charge in [0, 0.05) is 7.05 Å². The standard InChI is InChI=1S/C4H9N3O7P2/c1-7-2-3(6-4(7)5)13-16(11,12)14-15(8,9)10/h2H,1H3,(H2,5,6)(H,11,12)(H2,8,9,10). The van der Waals surface area contributed by atoms with Crippen LogP contribution in [0.15, 0.2) is 6.20 Å². The lowest BCUT2D eigenvalue weighted by atomic mass is 10.8. The van der Waals surface area contributed by atoms with Crippen LogP contribution in [0.2, 0.25) is 0 Å². The maximum atomic E-state index is 11.0. The van der Waals surface area contributed by atoms with Crippen LogP contribution in [-0.4, -0.2) is 24.2 Å². The number of phosphoric ester groups is 1. The van der Waals surface area contributed by atoms with E-state index in [2.05, 4.69) is 13.8 Å². The molecule has 0 aliphatic carbocycles. The zero-order chi connectivity index (χ0) is 12.6. The zero-order valence-corrected chi connectivity index (χ0v) is 9.71. The molecule has 0 fully saturated rings. The van der Waals surface area contributed by atoms with Gasteiger partial charge >= 0.3 is 15.6 Å². The Balaban J connectivity index is 2.81. The van der Waals surface area contributed by atoms with Crippen molar-refractivity contribution in [1.29, 1.82) is 0 Å². The van der Waals surface area contributed by atoms with Gasteiger partial charge in [-0.2, -0.15) is 9.29 Å². The van der Waals surface area contributed by atoms with Crippen LogP contribution in [0.4, 0.5) is 5.95 Å². The molecule has 1 heterocycles. The van der Waals surface area contributed by atoms with Crippen LogP contribution in [0, 0.1) is 0 Å². The van der Waals surface area contributed by atoms with Crippen LogP contribution < -0.4 is 10.3 Å². The summed E-state index contributed by atoms with van der Waals surface area (Å²) in [5.74, 6) is -0.398. The van der Waals surface area contributed by atoms with Crippen molar-refractivity contribution in [1.82, 2.24) is 9.55 Å². The molecule has 0 aliphatic heterocycles.